The van der Waals surface area contributed by atoms with Crippen LogP contribution in [-0.4, -0.2) is 43.5 Å². The predicted molar refractivity (Wildman–Crippen MR) is 78.8 cm³/mol. The van der Waals surface area contributed by atoms with Crippen molar-refractivity contribution in [2.75, 3.05) is 38.0 Å². The van der Waals surface area contributed by atoms with E-state index in [1.165, 1.54) is 12.1 Å². The van der Waals surface area contributed by atoms with E-state index >= 15 is 0 Å². The van der Waals surface area contributed by atoms with Crippen molar-refractivity contribution in [1.29, 1.82) is 0 Å². The summed E-state index contributed by atoms with van der Waals surface area (Å²) >= 11 is 0. The molecule has 0 unspecified atom stereocenters. The van der Waals surface area contributed by atoms with Gasteiger partial charge < -0.3 is 10.6 Å². The number of carbonyl (C=O) groups excluding carboxylic acids is 1. The molecule has 1 aliphatic rings. The molecule has 2 N–H and O–H groups in total. The molecule has 0 atom stereocenters. The first-order valence-corrected chi connectivity index (χ1v) is 5.72. The van der Waals surface area contributed by atoms with Gasteiger partial charge in [0.15, 0.2) is 0 Å². The second-order valence-electron chi connectivity index (χ2n) is 4.08. The lowest BCUT2D eigenvalue weighted by Gasteiger charge is -2.26. The topological polar surface area (TPSA) is 44.4 Å². The first kappa shape index (κ1) is 18.1. The second-order valence-corrected chi connectivity index (χ2v) is 4.08. The minimum absolute atomic E-state index is 0. The Morgan fingerprint density at radius 3 is 2.37 bits per heavy atom. The maximum Gasteiger partial charge on any atom is 0.238 e. The van der Waals surface area contributed by atoms with E-state index in [-0.39, 0.29) is 36.5 Å². The number of rotatable bonds is 3. The number of amides is 1. The van der Waals surface area contributed by atoms with Gasteiger partial charge in [0, 0.05) is 31.9 Å². The van der Waals surface area contributed by atoms with E-state index in [1.807, 2.05) is 0 Å². The smallest absolute Gasteiger partial charge is 0.238 e. The molecule has 2 rings (SSSR count). The molecule has 0 radical (unpaired) electrons. The molecule has 108 valence electrons. The number of hydrogen-bond acceptors (Lipinski definition) is 3. The fourth-order valence-electron chi connectivity index (χ4n) is 1.81. The summed E-state index contributed by atoms with van der Waals surface area (Å²) in [6.07, 6.45) is 0. The zero-order valence-corrected chi connectivity index (χ0v) is 12.0. The van der Waals surface area contributed by atoms with Crippen molar-refractivity contribution >= 4 is 36.4 Å². The molecule has 1 heterocycles. The Kier molecular flexibility index (Phi) is 8.67. The highest BCUT2D eigenvalue weighted by Crippen LogP contribution is 2.08. The van der Waals surface area contributed by atoms with Gasteiger partial charge in [-0.1, -0.05) is 0 Å². The van der Waals surface area contributed by atoms with Crippen molar-refractivity contribution < 1.29 is 9.18 Å². The normalized spacial score (nSPS) is 15.0. The van der Waals surface area contributed by atoms with Crippen molar-refractivity contribution in [3.8, 4) is 0 Å². The van der Waals surface area contributed by atoms with Gasteiger partial charge in [-0.15, -0.1) is 24.8 Å². The Labute approximate surface area is 124 Å². The molecule has 0 saturated carbocycles. The largest absolute Gasteiger partial charge is 0.325 e. The Morgan fingerprint density at radius 2 is 1.79 bits per heavy atom. The minimum Gasteiger partial charge on any atom is -0.325 e. The molecule has 19 heavy (non-hydrogen) atoms. The number of hydrogen-bond donors (Lipinski definition) is 2. The van der Waals surface area contributed by atoms with E-state index in [0.717, 1.165) is 26.2 Å². The number of benzene rings is 1. The molecule has 1 aromatic carbocycles. The van der Waals surface area contributed by atoms with Gasteiger partial charge >= 0.3 is 0 Å². The van der Waals surface area contributed by atoms with Gasteiger partial charge in [0.1, 0.15) is 5.82 Å². The highest BCUT2D eigenvalue weighted by Gasteiger charge is 2.13. The molecule has 1 aromatic rings. The first-order chi connectivity index (χ1) is 8.24. The Morgan fingerprint density at radius 1 is 1.21 bits per heavy atom. The molecule has 1 amide bonds. The van der Waals surface area contributed by atoms with Gasteiger partial charge in [0.2, 0.25) is 5.91 Å². The summed E-state index contributed by atoms with van der Waals surface area (Å²) in [6.45, 7) is 4.00. The van der Waals surface area contributed by atoms with Crippen molar-refractivity contribution in [3.05, 3.63) is 30.1 Å². The maximum atomic E-state index is 12.7. The third-order valence-electron chi connectivity index (χ3n) is 2.70. The molecule has 1 aliphatic heterocycles. The third kappa shape index (κ3) is 6.20. The van der Waals surface area contributed by atoms with E-state index < -0.39 is 0 Å². The Balaban J connectivity index is 0.00000162. The Bertz CT molecular complexity index is 383. The van der Waals surface area contributed by atoms with Crippen molar-refractivity contribution in [2.45, 2.75) is 0 Å². The van der Waals surface area contributed by atoms with Crippen LogP contribution in [0.2, 0.25) is 0 Å². The summed E-state index contributed by atoms with van der Waals surface area (Å²) in [5.74, 6) is -0.358. The van der Waals surface area contributed by atoms with Crippen molar-refractivity contribution in [1.82, 2.24) is 10.2 Å². The molecular weight excluding hydrogens is 292 g/mol. The molecule has 1 saturated heterocycles. The molecule has 0 spiro atoms. The van der Waals surface area contributed by atoms with Crippen LogP contribution in [0.15, 0.2) is 24.3 Å². The van der Waals surface area contributed by atoms with E-state index in [1.54, 1.807) is 12.1 Å². The zero-order valence-electron chi connectivity index (χ0n) is 10.4. The highest BCUT2D eigenvalue weighted by atomic mass is 35.5. The average molecular weight is 310 g/mol. The lowest BCUT2D eigenvalue weighted by atomic mass is 10.3. The monoisotopic (exact) mass is 309 g/mol. The number of nitrogens with zero attached hydrogens (tertiary/aromatic N) is 1. The van der Waals surface area contributed by atoms with Crippen molar-refractivity contribution in [3.63, 3.8) is 0 Å². The zero-order chi connectivity index (χ0) is 12.1. The molecule has 4 nitrogen and oxygen atoms in total. The van der Waals surface area contributed by atoms with Crippen LogP contribution < -0.4 is 10.6 Å². The molecule has 0 aromatic heterocycles. The van der Waals surface area contributed by atoms with Crippen LogP contribution in [0.25, 0.3) is 0 Å². The van der Waals surface area contributed by atoms with Crippen LogP contribution in [-0.2, 0) is 4.79 Å². The lowest BCUT2D eigenvalue weighted by molar-refractivity contribution is -0.117. The summed E-state index contributed by atoms with van der Waals surface area (Å²) in [4.78, 5) is 13.8. The number of halogens is 3. The van der Waals surface area contributed by atoms with Gasteiger partial charge in [-0.2, -0.15) is 0 Å². The summed E-state index contributed by atoms with van der Waals surface area (Å²) < 4.78 is 12.7. The van der Waals surface area contributed by atoms with E-state index in [9.17, 15) is 9.18 Å². The fourth-order valence-corrected chi connectivity index (χ4v) is 1.81. The number of carbonyl (C=O) groups is 1. The standard InChI is InChI=1S/C12H16FN3O.2ClH/c13-10-1-3-11(4-2-10)15-12(17)9-16-7-5-14-6-8-16;;/h1-4,14H,5-9H2,(H,15,17);2*1H. The third-order valence-corrected chi connectivity index (χ3v) is 2.70. The summed E-state index contributed by atoms with van der Waals surface area (Å²) in [6, 6.07) is 5.79. The molecular formula is C12H18Cl2FN3O. The van der Waals surface area contributed by atoms with Crippen LogP contribution in [0.3, 0.4) is 0 Å². The van der Waals surface area contributed by atoms with Gasteiger partial charge in [-0.3, -0.25) is 9.69 Å². The molecule has 1 fully saturated rings. The molecule has 0 aliphatic carbocycles. The highest BCUT2D eigenvalue weighted by molar-refractivity contribution is 5.92. The molecule has 7 heteroatoms. The number of piperazine rings is 1. The van der Waals surface area contributed by atoms with Gasteiger partial charge in [0.25, 0.3) is 0 Å². The SMILES string of the molecule is Cl.Cl.O=C(CN1CCNCC1)Nc1ccc(F)cc1. The molecule has 0 bridgehead atoms. The van der Waals surface area contributed by atoms with Crippen LogP contribution in [0.5, 0.6) is 0 Å². The van der Waals surface area contributed by atoms with E-state index in [2.05, 4.69) is 15.5 Å². The Hall–Kier alpha value is -0.880. The quantitative estimate of drug-likeness (QED) is 0.889. The van der Waals surface area contributed by atoms with Crippen LogP contribution >= 0.6 is 24.8 Å². The average Bonchev–Trinajstić information content (AvgIpc) is 2.33. The number of nitrogens with one attached hydrogen (secondary N) is 2. The summed E-state index contributed by atoms with van der Waals surface area (Å²) in [7, 11) is 0. The van der Waals surface area contributed by atoms with Gasteiger partial charge in [0.05, 0.1) is 6.54 Å². The summed E-state index contributed by atoms with van der Waals surface area (Å²) in [5.41, 5.74) is 0.631. The minimum atomic E-state index is -0.301. The first-order valence-electron chi connectivity index (χ1n) is 5.72. The van der Waals surface area contributed by atoms with Crippen LogP contribution in [0, 0.1) is 5.82 Å². The maximum absolute atomic E-state index is 12.7. The summed E-state index contributed by atoms with van der Waals surface area (Å²) in [5, 5.41) is 5.98. The van der Waals surface area contributed by atoms with Crippen LogP contribution in [0.1, 0.15) is 0 Å². The number of anilines is 1. The van der Waals surface area contributed by atoms with Gasteiger partial charge in [-0.25, -0.2) is 4.39 Å². The fraction of sp³-hybridized carbons (Fsp3) is 0.417. The predicted octanol–water partition coefficient (Wildman–Crippen LogP) is 1.51. The lowest BCUT2D eigenvalue weighted by Crippen LogP contribution is -2.46. The van der Waals surface area contributed by atoms with E-state index in [4.69, 9.17) is 0 Å². The van der Waals surface area contributed by atoms with Crippen molar-refractivity contribution in [2.24, 2.45) is 0 Å². The second kappa shape index (κ2) is 9.09. The van der Waals surface area contributed by atoms with E-state index in [0.29, 0.717) is 12.2 Å². The van der Waals surface area contributed by atoms with Gasteiger partial charge in [-0.05, 0) is 24.3 Å². The van der Waals surface area contributed by atoms with Crippen LogP contribution in [0.4, 0.5) is 10.1 Å².